The number of amides is 1. The Balaban J connectivity index is 1.67. The Labute approximate surface area is 137 Å². The minimum Gasteiger partial charge on any atom is -0.349 e. The molecule has 3 aromatic rings. The van der Waals surface area contributed by atoms with Crippen LogP contribution in [0.4, 0.5) is 16.0 Å². The average molecular weight is 323 g/mol. The van der Waals surface area contributed by atoms with Crippen LogP contribution < -0.4 is 10.6 Å². The maximum absolute atomic E-state index is 13.2. The van der Waals surface area contributed by atoms with Gasteiger partial charge in [-0.2, -0.15) is 0 Å². The number of aromatic nitrogens is 3. The number of halogens is 1. The number of nitrogens with zero attached hydrogens (tertiary/aromatic N) is 3. The highest BCUT2D eigenvalue weighted by Crippen LogP contribution is 2.11. The van der Waals surface area contributed by atoms with E-state index in [1.165, 1.54) is 30.5 Å². The van der Waals surface area contributed by atoms with Gasteiger partial charge in [0.2, 0.25) is 5.95 Å². The molecule has 2 heterocycles. The van der Waals surface area contributed by atoms with E-state index in [-0.39, 0.29) is 5.69 Å². The molecule has 0 saturated carbocycles. The van der Waals surface area contributed by atoms with Gasteiger partial charge in [0.1, 0.15) is 11.5 Å². The number of rotatable bonds is 5. The van der Waals surface area contributed by atoms with Crippen LogP contribution >= 0.6 is 0 Å². The van der Waals surface area contributed by atoms with Gasteiger partial charge in [-0.1, -0.05) is 12.1 Å². The summed E-state index contributed by atoms with van der Waals surface area (Å²) in [5, 5.41) is 5.60. The molecule has 2 N–H and O–H groups in total. The summed E-state index contributed by atoms with van der Waals surface area (Å²) in [7, 11) is 0. The minimum absolute atomic E-state index is 0.179. The largest absolute Gasteiger partial charge is 0.349 e. The molecule has 0 aliphatic rings. The second kappa shape index (κ2) is 7.28. The predicted molar refractivity (Wildman–Crippen MR) is 87.9 cm³/mol. The second-order valence-electron chi connectivity index (χ2n) is 4.90. The fourth-order valence-electron chi connectivity index (χ4n) is 2.00. The zero-order valence-electron chi connectivity index (χ0n) is 12.6. The molecular weight excluding hydrogens is 309 g/mol. The molecule has 3 rings (SSSR count). The van der Waals surface area contributed by atoms with Gasteiger partial charge in [-0.15, -0.1) is 0 Å². The van der Waals surface area contributed by atoms with Gasteiger partial charge in [0.15, 0.2) is 0 Å². The number of anilines is 2. The lowest BCUT2D eigenvalue weighted by atomic mass is 10.3. The monoisotopic (exact) mass is 323 g/mol. The van der Waals surface area contributed by atoms with E-state index in [1.807, 2.05) is 18.2 Å². The van der Waals surface area contributed by atoms with Gasteiger partial charge in [-0.25, -0.2) is 14.4 Å². The molecule has 0 atom stereocenters. The molecule has 0 bridgehead atoms. The lowest BCUT2D eigenvalue weighted by Crippen LogP contribution is -2.15. The van der Waals surface area contributed by atoms with E-state index in [2.05, 4.69) is 25.6 Å². The van der Waals surface area contributed by atoms with Crippen molar-refractivity contribution in [2.24, 2.45) is 0 Å². The zero-order valence-corrected chi connectivity index (χ0v) is 12.6. The maximum Gasteiger partial charge on any atom is 0.274 e. The summed E-state index contributed by atoms with van der Waals surface area (Å²) >= 11 is 0. The first-order chi connectivity index (χ1) is 11.7. The first-order valence-electron chi connectivity index (χ1n) is 7.24. The van der Waals surface area contributed by atoms with Gasteiger partial charge in [-0.3, -0.25) is 9.78 Å². The van der Waals surface area contributed by atoms with E-state index in [1.54, 1.807) is 12.3 Å². The molecule has 7 heteroatoms. The Morgan fingerprint density at radius 2 is 1.96 bits per heavy atom. The van der Waals surface area contributed by atoms with Crippen molar-refractivity contribution in [3.63, 3.8) is 0 Å². The number of hydrogen-bond donors (Lipinski definition) is 2. The summed E-state index contributed by atoms with van der Waals surface area (Å²) in [6.45, 7) is 0.440. The Bertz CT molecular complexity index is 841. The number of carbonyl (C=O) groups excluding carboxylic acids is 1. The second-order valence-corrected chi connectivity index (χ2v) is 4.90. The molecular formula is C17H14FN5O. The molecule has 120 valence electrons. The fraction of sp³-hybridized carbons (Fsp3) is 0.0588. The molecule has 0 aliphatic heterocycles. The normalized spacial score (nSPS) is 10.2. The van der Waals surface area contributed by atoms with Crippen LogP contribution in [0.1, 0.15) is 16.2 Å². The topological polar surface area (TPSA) is 79.8 Å². The fourth-order valence-corrected chi connectivity index (χ4v) is 2.00. The summed E-state index contributed by atoms with van der Waals surface area (Å²) < 4.78 is 13.2. The number of carbonyl (C=O) groups is 1. The smallest absolute Gasteiger partial charge is 0.274 e. The highest BCUT2D eigenvalue weighted by molar-refractivity contribution is 6.02. The van der Waals surface area contributed by atoms with Crippen LogP contribution in [-0.4, -0.2) is 20.9 Å². The third-order valence-corrected chi connectivity index (χ3v) is 3.12. The average Bonchev–Trinajstić information content (AvgIpc) is 2.61. The standard InChI is InChI=1S/C17H14FN5O/c18-12-4-3-6-13(10-12)22-16(24)15-7-9-20-17(23-15)21-11-14-5-1-2-8-19-14/h1-10H,11H2,(H,22,24)(H,20,21,23). The summed E-state index contributed by atoms with van der Waals surface area (Å²) in [4.78, 5) is 24.6. The van der Waals surface area contributed by atoms with Gasteiger partial charge in [0.05, 0.1) is 12.2 Å². The first-order valence-corrected chi connectivity index (χ1v) is 7.24. The summed E-state index contributed by atoms with van der Waals surface area (Å²) in [5.41, 5.74) is 1.37. The van der Waals surface area contributed by atoms with Crippen molar-refractivity contribution < 1.29 is 9.18 Å². The van der Waals surface area contributed by atoms with E-state index in [9.17, 15) is 9.18 Å². The predicted octanol–water partition coefficient (Wildman–Crippen LogP) is 2.88. The maximum atomic E-state index is 13.2. The van der Waals surface area contributed by atoms with Crippen molar-refractivity contribution in [3.05, 3.63) is 78.1 Å². The Morgan fingerprint density at radius 3 is 2.75 bits per heavy atom. The SMILES string of the molecule is O=C(Nc1cccc(F)c1)c1ccnc(NCc2ccccn2)n1. The third kappa shape index (κ3) is 4.10. The van der Waals surface area contributed by atoms with E-state index in [0.29, 0.717) is 18.2 Å². The van der Waals surface area contributed by atoms with Gasteiger partial charge in [0.25, 0.3) is 5.91 Å². The van der Waals surface area contributed by atoms with Crippen molar-refractivity contribution in [3.8, 4) is 0 Å². The quantitative estimate of drug-likeness (QED) is 0.755. The highest BCUT2D eigenvalue weighted by atomic mass is 19.1. The Morgan fingerprint density at radius 1 is 1.04 bits per heavy atom. The Kier molecular flexibility index (Phi) is 4.71. The molecule has 0 saturated heterocycles. The molecule has 6 nitrogen and oxygen atoms in total. The van der Waals surface area contributed by atoms with E-state index >= 15 is 0 Å². The van der Waals surface area contributed by atoms with E-state index in [4.69, 9.17) is 0 Å². The number of benzene rings is 1. The number of nitrogens with one attached hydrogen (secondary N) is 2. The molecule has 1 aromatic carbocycles. The van der Waals surface area contributed by atoms with Gasteiger partial charge in [0, 0.05) is 18.1 Å². The van der Waals surface area contributed by atoms with Crippen molar-refractivity contribution in [1.82, 2.24) is 15.0 Å². The lowest BCUT2D eigenvalue weighted by Gasteiger charge is -2.07. The third-order valence-electron chi connectivity index (χ3n) is 3.12. The van der Waals surface area contributed by atoms with Gasteiger partial charge >= 0.3 is 0 Å². The number of hydrogen-bond acceptors (Lipinski definition) is 5. The number of pyridine rings is 1. The van der Waals surface area contributed by atoms with Gasteiger partial charge in [-0.05, 0) is 36.4 Å². The molecule has 1 amide bonds. The molecule has 0 fully saturated rings. The first kappa shape index (κ1) is 15.5. The van der Waals surface area contributed by atoms with Crippen LogP contribution in [0, 0.1) is 5.82 Å². The van der Waals surface area contributed by atoms with Crippen molar-refractivity contribution in [1.29, 1.82) is 0 Å². The minimum atomic E-state index is -0.441. The van der Waals surface area contributed by atoms with Crippen LogP contribution in [0.15, 0.2) is 60.9 Å². The summed E-state index contributed by atoms with van der Waals surface area (Å²) in [6, 6.07) is 12.7. The van der Waals surface area contributed by atoms with Crippen LogP contribution in [0.25, 0.3) is 0 Å². The van der Waals surface area contributed by atoms with E-state index < -0.39 is 11.7 Å². The summed E-state index contributed by atoms with van der Waals surface area (Å²) in [5.74, 6) is -0.551. The molecule has 0 unspecified atom stereocenters. The molecule has 2 aromatic heterocycles. The van der Waals surface area contributed by atoms with Gasteiger partial charge < -0.3 is 10.6 Å². The van der Waals surface area contributed by atoms with Crippen LogP contribution in [0.5, 0.6) is 0 Å². The van der Waals surface area contributed by atoms with Crippen molar-refractivity contribution in [2.45, 2.75) is 6.54 Å². The van der Waals surface area contributed by atoms with E-state index in [0.717, 1.165) is 5.69 Å². The van der Waals surface area contributed by atoms with Crippen LogP contribution in [-0.2, 0) is 6.54 Å². The lowest BCUT2D eigenvalue weighted by molar-refractivity contribution is 0.102. The molecule has 0 radical (unpaired) electrons. The molecule has 0 spiro atoms. The van der Waals surface area contributed by atoms with Crippen molar-refractivity contribution >= 4 is 17.5 Å². The van der Waals surface area contributed by atoms with Crippen LogP contribution in [0.2, 0.25) is 0 Å². The summed E-state index contributed by atoms with van der Waals surface area (Å²) in [6.07, 6.45) is 3.18. The molecule has 24 heavy (non-hydrogen) atoms. The zero-order chi connectivity index (χ0) is 16.8. The van der Waals surface area contributed by atoms with Crippen molar-refractivity contribution in [2.75, 3.05) is 10.6 Å². The molecule has 0 aliphatic carbocycles. The Hall–Kier alpha value is -3.35. The van der Waals surface area contributed by atoms with Crippen LogP contribution in [0.3, 0.4) is 0 Å². The highest BCUT2D eigenvalue weighted by Gasteiger charge is 2.09.